The summed E-state index contributed by atoms with van der Waals surface area (Å²) >= 11 is 6.13. The molecule has 0 spiro atoms. The van der Waals surface area contributed by atoms with Gasteiger partial charge in [0.15, 0.2) is 0 Å². The molecule has 1 aromatic heterocycles. The first-order valence-corrected chi connectivity index (χ1v) is 11.4. The Hall–Kier alpha value is -3.97. The third kappa shape index (κ3) is 4.31. The molecule has 0 saturated carbocycles. The molecule has 1 aliphatic rings. The molecule has 8 heteroatoms. The molecule has 2 heterocycles. The second kappa shape index (κ2) is 9.00. The van der Waals surface area contributed by atoms with E-state index in [1.54, 1.807) is 35.2 Å². The van der Waals surface area contributed by atoms with Crippen molar-refractivity contribution in [3.05, 3.63) is 106 Å². The normalized spacial score (nSPS) is 16.0. The monoisotopic (exact) mass is 488 g/mol. The molecule has 176 valence electrons. The summed E-state index contributed by atoms with van der Waals surface area (Å²) < 4.78 is 19.8. The van der Waals surface area contributed by atoms with Crippen LogP contribution in [0.1, 0.15) is 35.5 Å². The summed E-state index contributed by atoms with van der Waals surface area (Å²) in [5.74, 6) is 0.173. The number of hydrogen-bond acceptors (Lipinski definition) is 4. The zero-order valence-electron chi connectivity index (χ0n) is 19.3. The Morgan fingerprint density at radius 1 is 1.00 bits per heavy atom. The van der Waals surface area contributed by atoms with Gasteiger partial charge >= 0.3 is 6.03 Å². The Balaban J connectivity index is 1.67. The molecule has 35 heavy (non-hydrogen) atoms. The average Bonchev–Trinajstić information content (AvgIpc) is 3.31. The second-order valence-corrected chi connectivity index (χ2v) is 8.91. The van der Waals surface area contributed by atoms with E-state index in [1.807, 2.05) is 45.0 Å². The number of aromatic nitrogens is 2. The predicted octanol–water partition coefficient (Wildman–Crippen LogP) is 6.85. The van der Waals surface area contributed by atoms with Crippen molar-refractivity contribution < 1.29 is 13.7 Å². The molecule has 1 N–H and O–H groups in total. The smallest absolute Gasteiger partial charge is 0.326 e. The highest BCUT2D eigenvalue weighted by Gasteiger charge is 2.36. The number of allylic oxidation sites excluding steroid dienone is 1. The Labute approximate surface area is 207 Å². The Kier molecular flexibility index (Phi) is 5.86. The number of nitrogens with zero attached hydrogens (tertiary/aromatic N) is 3. The van der Waals surface area contributed by atoms with Gasteiger partial charge in [0.25, 0.3) is 5.89 Å². The van der Waals surface area contributed by atoms with Gasteiger partial charge in [-0.25, -0.2) is 9.18 Å². The van der Waals surface area contributed by atoms with Crippen LogP contribution >= 0.6 is 11.6 Å². The van der Waals surface area contributed by atoms with Crippen molar-refractivity contribution in [3.63, 3.8) is 0 Å². The summed E-state index contributed by atoms with van der Waals surface area (Å²) in [5, 5.41) is 7.68. The van der Waals surface area contributed by atoms with E-state index in [1.165, 1.54) is 12.1 Å². The maximum absolute atomic E-state index is 14.1. The fourth-order valence-electron chi connectivity index (χ4n) is 4.21. The van der Waals surface area contributed by atoms with Crippen LogP contribution in [0, 0.1) is 19.7 Å². The number of hydrogen-bond donors (Lipinski definition) is 1. The van der Waals surface area contributed by atoms with Crippen LogP contribution in [-0.2, 0) is 0 Å². The molecule has 0 aliphatic carbocycles. The van der Waals surface area contributed by atoms with Crippen molar-refractivity contribution in [2.45, 2.75) is 26.8 Å². The van der Waals surface area contributed by atoms with E-state index in [4.69, 9.17) is 16.1 Å². The highest BCUT2D eigenvalue weighted by molar-refractivity contribution is 6.30. The molecule has 0 bridgehead atoms. The Bertz CT molecular complexity index is 1480. The van der Waals surface area contributed by atoms with Crippen LogP contribution in [-0.4, -0.2) is 16.2 Å². The number of carbonyl (C=O) groups excluding carboxylic acids is 1. The molecule has 1 atom stereocenters. The van der Waals surface area contributed by atoms with Crippen LogP contribution < -0.4 is 10.2 Å². The van der Waals surface area contributed by atoms with Crippen LogP contribution in [0.3, 0.4) is 0 Å². The largest absolute Gasteiger partial charge is 0.334 e. The van der Waals surface area contributed by atoms with Gasteiger partial charge in [0.2, 0.25) is 5.82 Å². The molecule has 5 rings (SSSR count). The number of carbonyl (C=O) groups is 1. The van der Waals surface area contributed by atoms with E-state index >= 15 is 0 Å². The number of anilines is 1. The van der Waals surface area contributed by atoms with Crippen molar-refractivity contribution in [3.8, 4) is 11.4 Å². The van der Waals surface area contributed by atoms with Gasteiger partial charge in [-0.3, -0.25) is 4.90 Å². The molecule has 6 nitrogen and oxygen atoms in total. The van der Waals surface area contributed by atoms with E-state index in [9.17, 15) is 9.18 Å². The average molecular weight is 489 g/mol. The molecular formula is C27H22ClFN4O2. The first kappa shape index (κ1) is 22.8. The lowest BCUT2D eigenvalue weighted by atomic mass is 9.94. The van der Waals surface area contributed by atoms with Crippen LogP contribution in [0.5, 0.6) is 0 Å². The first-order valence-electron chi connectivity index (χ1n) is 11.1. The molecule has 3 aromatic carbocycles. The number of benzene rings is 3. The summed E-state index contributed by atoms with van der Waals surface area (Å²) in [4.78, 5) is 19.5. The molecule has 0 radical (unpaired) electrons. The zero-order valence-corrected chi connectivity index (χ0v) is 20.1. The van der Waals surface area contributed by atoms with Crippen LogP contribution in [0.15, 0.2) is 77.0 Å². The lowest BCUT2D eigenvalue weighted by Gasteiger charge is -2.35. The second-order valence-electron chi connectivity index (χ2n) is 8.47. The molecular weight excluding hydrogens is 467 g/mol. The van der Waals surface area contributed by atoms with Gasteiger partial charge in [0.05, 0.1) is 17.3 Å². The first-order chi connectivity index (χ1) is 16.8. The van der Waals surface area contributed by atoms with E-state index < -0.39 is 11.9 Å². The van der Waals surface area contributed by atoms with Gasteiger partial charge < -0.3 is 9.84 Å². The van der Waals surface area contributed by atoms with E-state index in [0.717, 1.165) is 11.1 Å². The van der Waals surface area contributed by atoms with E-state index in [2.05, 4.69) is 15.5 Å². The number of urea groups is 1. The minimum absolute atomic E-state index is 0.223. The van der Waals surface area contributed by atoms with Gasteiger partial charge in [-0.1, -0.05) is 47.1 Å². The molecule has 1 aliphatic heterocycles. The topological polar surface area (TPSA) is 71.3 Å². The SMILES string of the molecule is CC1=C(c2nc(-c3cccc(Cl)c3)no2)C(c2cccc(F)c2)NC(=O)N1c1ccc(C)c(C)c1. The maximum atomic E-state index is 14.1. The third-order valence-corrected chi connectivity index (χ3v) is 6.39. The fraction of sp³-hybridized carbons (Fsp3) is 0.148. The van der Waals surface area contributed by atoms with Crippen molar-refractivity contribution in [1.82, 2.24) is 15.5 Å². The van der Waals surface area contributed by atoms with Crippen LogP contribution in [0.4, 0.5) is 14.9 Å². The minimum Gasteiger partial charge on any atom is -0.334 e. The van der Waals surface area contributed by atoms with Gasteiger partial charge in [0, 0.05) is 16.3 Å². The van der Waals surface area contributed by atoms with Crippen molar-refractivity contribution >= 4 is 28.9 Å². The van der Waals surface area contributed by atoms with Gasteiger partial charge in [0.1, 0.15) is 5.82 Å². The molecule has 0 saturated heterocycles. The Morgan fingerprint density at radius 2 is 1.80 bits per heavy atom. The minimum atomic E-state index is -0.686. The lowest BCUT2D eigenvalue weighted by molar-refractivity contribution is 0.244. The van der Waals surface area contributed by atoms with Gasteiger partial charge in [-0.2, -0.15) is 4.98 Å². The maximum Gasteiger partial charge on any atom is 0.326 e. The molecule has 0 fully saturated rings. The van der Waals surface area contributed by atoms with E-state index in [0.29, 0.717) is 38.9 Å². The van der Waals surface area contributed by atoms with Gasteiger partial charge in [-0.05, 0) is 73.9 Å². The van der Waals surface area contributed by atoms with Crippen LogP contribution in [0.25, 0.3) is 17.0 Å². The fourth-order valence-corrected chi connectivity index (χ4v) is 4.40. The number of amides is 2. The summed E-state index contributed by atoms with van der Waals surface area (Å²) in [6, 6.07) is 18.0. The summed E-state index contributed by atoms with van der Waals surface area (Å²) in [7, 11) is 0. The number of rotatable bonds is 4. The summed E-state index contributed by atoms with van der Waals surface area (Å²) in [6.45, 7) is 5.82. The highest BCUT2D eigenvalue weighted by Crippen LogP contribution is 2.39. The van der Waals surface area contributed by atoms with E-state index in [-0.39, 0.29) is 11.9 Å². The molecule has 2 amide bonds. The highest BCUT2D eigenvalue weighted by atomic mass is 35.5. The van der Waals surface area contributed by atoms with Crippen molar-refractivity contribution in [2.24, 2.45) is 0 Å². The Morgan fingerprint density at radius 3 is 2.54 bits per heavy atom. The number of aryl methyl sites for hydroxylation is 2. The summed E-state index contributed by atoms with van der Waals surface area (Å²) in [6.07, 6.45) is 0. The van der Waals surface area contributed by atoms with Crippen LogP contribution in [0.2, 0.25) is 5.02 Å². The third-order valence-electron chi connectivity index (χ3n) is 6.15. The lowest BCUT2D eigenvalue weighted by Crippen LogP contribution is -2.46. The standard InChI is InChI=1S/C27H22ClFN4O2/c1-15-10-11-22(12-16(15)2)33-17(3)23(24(30-27(33)34)18-6-5-9-21(29)14-18)26-31-25(32-35-26)19-7-4-8-20(28)13-19/h4-14,24H,1-3H3,(H,30,34). The predicted molar refractivity (Wildman–Crippen MR) is 133 cm³/mol. The molecule has 4 aromatic rings. The van der Waals surface area contributed by atoms with Crippen molar-refractivity contribution in [2.75, 3.05) is 4.90 Å². The molecule has 1 unspecified atom stereocenters. The number of halogens is 2. The van der Waals surface area contributed by atoms with Gasteiger partial charge in [-0.15, -0.1) is 0 Å². The zero-order chi connectivity index (χ0) is 24.7. The quantitative estimate of drug-likeness (QED) is 0.341. The summed E-state index contributed by atoms with van der Waals surface area (Å²) in [5.41, 5.74) is 5.31. The number of nitrogens with one attached hydrogen (secondary N) is 1. The van der Waals surface area contributed by atoms with Crippen molar-refractivity contribution in [1.29, 1.82) is 0 Å².